The lowest BCUT2D eigenvalue weighted by molar-refractivity contribution is 0.156. The van der Waals surface area contributed by atoms with Crippen LogP contribution in [0.3, 0.4) is 0 Å². The highest BCUT2D eigenvalue weighted by Gasteiger charge is 2.23. The molecule has 0 radical (unpaired) electrons. The van der Waals surface area contributed by atoms with Crippen LogP contribution >= 0.6 is 0 Å². The zero-order chi connectivity index (χ0) is 12.1. The van der Waals surface area contributed by atoms with Crippen LogP contribution in [0.5, 0.6) is 0 Å². The van der Waals surface area contributed by atoms with Crippen LogP contribution in [0.15, 0.2) is 6.33 Å². The summed E-state index contributed by atoms with van der Waals surface area (Å²) in [5, 5.41) is 10.3. The summed E-state index contributed by atoms with van der Waals surface area (Å²) < 4.78 is 0. The zero-order valence-electron chi connectivity index (χ0n) is 10.8. The smallest absolute Gasteiger partial charge is 0.138 e. The third kappa shape index (κ3) is 3.51. The van der Waals surface area contributed by atoms with Gasteiger partial charge in [0, 0.05) is 12.6 Å². The second-order valence-electron chi connectivity index (χ2n) is 4.90. The molecule has 2 atom stereocenters. The second kappa shape index (κ2) is 6.12. The van der Waals surface area contributed by atoms with E-state index >= 15 is 0 Å². The standard InChI is InChI=1S/C12H23N5/c1-3-17-6-4-5-11(8-17)10(2)13-7-12-14-9-15-16-12/h9-11,13H,3-8H2,1-2H3,(H,14,15,16). The number of H-pyrrole nitrogens is 1. The van der Waals surface area contributed by atoms with E-state index in [1.165, 1.54) is 32.5 Å². The monoisotopic (exact) mass is 237 g/mol. The number of nitrogens with zero attached hydrogens (tertiary/aromatic N) is 3. The van der Waals surface area contributed by atoms with Gasteiger partial charge in [0.2, 0.25) is 0 Å². The lowest BCUT2D eigenvalue weighted by atomic mass is 9.91. The average molecular weight is 237 g/mol. The Kier molecular flexibility index (Phi) is 4.50. The number of aromatic nitrogens is 3. The van der Waals surface area contributed by atoms with Gasteiger partial charge in [0.05, 0.1) is 6.54 Å². The van der Waals surface area contributed by atoms with E-state index < -0.39 is 0 Å². The first-order chi connectivity index (χ1) is 8.29. The van der Waals surface area contributed by atoms with Crippen LogP contribution in [0, 0.1) is 5.92 Å². The largest absolute Gasteiger partial charge is 0.307 e. The van der Waals surface area contributed by atoms with Gasteiger partial charge < -0.3 is 10.2 Å². The molecule has 96 valence electrons. The molecule has 2 rings (SSSR count). The van der Waals surface area contributed by atoms with E-state index in [1.807, 2.05) is 0 Å². The molecule has 17 heavy (non-hydrogen) atoms. The van der Waals surface area contributed by atoms with Crippen molar-refractivity contribution in [1.82, 2.24) is 25.4 Å². The van der Waals surface area contributed by atoms with Crippen LogP contribution in [0.1, 0.15) is 32.5 Å². The summed E-state index contributed by atoms with van der Waals surface area (Å²) in [6, 6.07) is 0.537. The lowest BCUT2D eigenvalue weighted by Crippen LogP contribution is -2.44. The Bertz CT molecular complexity index is 311. The van der Waals surface area contributed by atoms with Crippen molar-refractivity contribution in [2.45, 2.75) is 39.3 Å². The summed E-state index contributed by atoms with van der Waals surface area (Å²) in [6.07, 6.45) is 4.22. The molecule has 2 N–H and O–H groups in total. The molecule has 0 bridgehead atoms. The van der Waals surface area contributed by atoms with Gasteiger partial charge in [-0.1, -0.05) is 6.92 Å². The minimum absolute atomic E-state index is 0.537. The van der Waals surface area contributed by atoms with Gasteiger partial charge in [-0.3, -0.25) is 5.10 Å². The third-order valence-electron chi connectivity index (χ3n) is 3.75. The van der Waals surface area contributed by atoms with Crippen LogP contribution in [0.25, 0.3) is 0 Å². The number of hydrogen-bond donors (Lipinski definition) is 2. The maximum atomic E-state index is 4.12. The fraction of sp³-hybridized carbons (Fsp3) is 0.833. The maximum absolute atomic E-state index is 4.12. The van der Waals surface area contributed by atoms with Gasteiger partial charge >= 0.3 is 0 Å². The van der Waals surface area contributed by atoms with Gasteiger partial charge in [-0.15, -0.1) is 0 Å². The molecule has 2 heterocycles. The average Bonchev–Trinajstić information content (AvgIpc) is 2.89. The molecule has 1 aromatic heterocycles. The van der Waals surface area contributed by atoms with Gasteiger partial charge in [0.25, 0.3) is 0 Å². The third-order valence-corrected chi connectivity index (χ3v) is 3.75. The highest BCUT2D eigenvalue weighted by molar-refractivity contribution is 4.84. The Morgan fingerprint density at radius 2 is 2.53 bits per heavy atom. The first-order valence-corrected chi connectivity index (χ1v) is 6.59. The first kappa shape index (κ1) is 12.5. The molecule has 0 spiro atoms. The van der Waals surface area contributed by atoms with Crippen molar-refractivity contribution in [1.29, 1.82) is 0 Å². The summed E-state index contributed by atoms with van der Waals surface area (Å²) in [5.41, 5.74) is 0. The van der Waals surface area contributed by atoms with Crippen molar-refractivity contribution >= 4 is 0 Å². The van der Waals surface area contributed by atoms with E-state index in [-0.39, 0.29) is 0 Å². The van der Waals surface area contributed by atoms with Crippen molar-refractivity contribution < 1.29 is 0 Å². The van der Waals surface area contributed by atoms with E-state index in [0.29, 0.717) is 6.04 Å². The second-order valence-corrected chi connectivity index (χ2v) is 4.90. The molecule has 0 aromatic carbocycles. The minimum Gasteiger partial charge on any atom is -0.307 e. The molecule has 0 saturated carbocycles. The van der Waals surface area contributed by atoms with Crippen LogP contribution in [-0.4, -0.2) is 45.8 Å². The van der Waals surface area contributed by atoms with E-state index in [9.17, 15) is 0 Å². The van der Waals surface area contributed by atoms with Crippen molar-refractivity contribution in [2.75, 3.05) is 19.6 Å². The van der Waals surface area contributed by atoms with E-state index in [0.717, 1.165) is 18.3 Å². The van der Waals surface area contributed by atoms with Crippen molar-refractivity contribution in [2.24, 2.45) is 5.92 Å². The summed E-state index contributed by atoms with van der Waals surface area (Å²) in [5.74, 6) is 1.67. The van der Waals surface area contributed by atoms with E-state index in [1.54, 1.807) is 6.33 Å². The number of piperidine rings is 1. The summed E-state index contributed by atoms with van der Waals surface area (Å²) in [7, 11) is 0. The Morgan fingerprint density at radius 1 is 1.65 bits per heavy atom. The molecule has 1 saturated heterocycles. The Morgan fingerprint density at radius 3 is 3.24 bits per heavy atom. The van der Waals surface area contributed by atoms with Crippen molar-refractivity contribution in [3.05, 3.63) is 12.2 Å². The van der Waals surface area contributed by atoms with Gasteiger partial charge in [-0.05, 0) is 38.8 Å². The Labute approximate surface area is 103 Å². The predicted molar refractivity (Wildman–Crippen MR) is 67.5 cm³/mol. The van der Waals surface area contributed by atoms with Crippen LogP contribution in [0.4, 0.5) is 0 Å². The fourth-order valence-electron chi connectivity index (χ4n) is 2.53. The van der Waals surface area contributed by atoms with Crippen molar-refractivity contribution in [3.63, 3.8) is 0 Å². The lowest BCUT2D eigenvalue weighted by Gasteiger charge is -2.35. The summed E-state index contributed by atoms with van der Waals surface area (Å²) in [4.78, 5) is 6.67. The van der Waals surface area contributed by atoms with Crippen LogP contribution in [0.2, 0.25) is 0 Å². The van der Waals surface area contributed by atoms with Gasteiger partial charge in [-0.2, -0.15) is 5.10 Å². The van der Waals surface area contributed by atoms with Crippen LogP contribution in [-0.2, 0) is 6.54 Å². The van der Waals surface area contributed by atoms with Gasteiger partial charge in [-0.25, -0.2) is 4.98 Å². The molecular formula is C12H23N5. The molecular weight excluding hydrogens is 214 g/mol. The number of rotatable bonds is 5. The zero-order valence-corrected chi connectivity index (χ0v) is 10.8. The Hall–Kier alpha value is -0.940. The van der Waals surface area contributed by atoms with Crippen LogP contribution < -0.4 is 5.32 Å². The molecule has 5 nitrogen and oxygen atoms in total. The van der Waals surface area contributed by atoms with Crippen molar-refractivity contribution in [3.8, 4) is 0 Å². The molecule has 1 aliphatic heterocycles. The molecule has 1 aliphatic rings. The SMILES string of the molecule is CCN1CCCC(C(C)NCc2ncn[nH]2)C1. The normalized spacial score (nSPS) is 23.8. The number of aromatic amines is 1. The topological polar surface area (TPSA) is 56.8 Å². The van der Waals surface area contributed by atoms with E-state index in [2.05, 4.69) is 39.2 Å². The quantitative estimate of drug-likeness (QED) is 0.802. The van der Waals surface area contributed by atoms with Gasteiger partial charge in [0.1, 0.15) is 12.2 Å². The fourth-order valence-corrected chi connectivity index (χ4v) is 2.53. The molecule has 5 heteroatoms. The molecule has 1 fully saturated rings. The molecule has 0 aliphatic carbocycles. The molecule has 0 amide bonds. The highest BCUT2D eigenvalue weighted by atomic mass is 15.2. The Balaban J connectivity index is 1.76. The van der Waals surface area contributed by atoms with Gasteiger partial charge in [0.15, 0.2) is 0 Å². The maximum Gasteiger partial charge on any atom is 0.138 e. The summed E-state index contributed by atoms with van der Waals surface area (Å²) in [6.45, 7) is 8.97. The molecule has 2 unspecified atom stereocenters. The number of hydrogen-bond acceptors (Lipinski definition) is 4. The number of nitrogens with one attached hydrogen (secondary N) is 2. The highest BCUT2D eigenvalue weighted by Crippen LogP contribution is 2.19. The summed E-state index contributed by atoms with van der Waals surface area (Å²) >= 11 is 0. The molecule has 1 aromatic rings. The number of likely N-dealkylation sites (tertiary alicyclic amines) is 1. The van der Waals surface area contributed by atoms with E-state index in [4.69, 9.17) is 0 Å². The minimum atomic E-state index is 0.537. The first-order valence-electron chi connectivity index (χ1n) is 6.59. The predicted octanol–water partition coefficient (Wildman–Crippen LogP) is 1.01.